The fourth-order valence-electron chi connectivity index (χ4n) is 5.13. The Balaban J connectivity index is 1.29. The van der Waals surface area contributed by atoms with E-state index < -0.39 is 11.6 Å². The second-order valence-electron chi connectivity index (χ2n) is 9.88. The molecule has 2 fully saturated rings. The number of carbonyl (C=O) groups is 3. The van der Waals surface area contributed by atoms with Crippen LogP contribution in [0.5, 0.6) is 5.75 Å². The van der Waals surface area contributed by atoms with Crippen molar-refractivity contribution < 1.29 is 19.1 Å². The number of hydrogen-bond donors (Lipinski definition) is 2. The van der Waals surface area contributed by atoms with Gasteiger partial charge in [-0.15, -0.1) is 0 Å². The lowest BCUT2D eigenvalue weighted by atomic mass is 9.65. The minimum absolute atomic E-state index is 0.131. The first-order valence-electron chi connectivity index (χ1n) is 11.4. The summed E-state index contributed by atoms with van der Waals surface area (Å²) in [5.41, 5.74) is 0.516. The van der Waals surface area contributed by atoms with Gasteiger partial charge in [0.15, 0.2) is 0 Å². The molecule has 1 saturated carbocycles. The second kappa shape index (κ2) is 8.17. The molecule has 168 valence electrons. The molecule has 3 aliphatic rings. The van der Waals surface area contributed by atoms with Crippen LogP contribution in [0.4, 0.5) is 4.79 Å². The maximum atomic E-state index is 13.1. The van der Waals surface area contributed by atoms with Gasteiger partial charge in [-0.25, -0.2) is 4.79 Å². The molecule has 1 aromatic rings. The van der Waals surface area contributed by atoms with E-state index in [4.69, 9.17) is 4.74 Å². The van der Waals surface area contributed by atoms with Gasteiger partial charge in [0.2, 0.25) is 5.91 Å². The number of carbonyl (C=O) groups excluding carboxylic acids is 3. The summed E-state index contributed by atoms with van der Waals surface area (Å²) >= 11 is 0. The predicted molar refractivity (Wildman–Crippen MR) is 117 cm³/mol. The third-order valence-electron chi connectivity index (χ3n) is 7.64. The van der Waals surface area contributed by atoms with Crippen LogP contribution in [0, 0.1) is 11.3 Å². The van der Waals surface area contributed by atoms with Crippen molar-refractivity contribution >= 4 is 17.8 Å². The van der Waals surface area contributed by atoms with E-state index >= 15 is 0 Å². The molecule has 2 N–H and O–H groups in total. The minimum atomic E-state index is -0.839. The number of para-hydroxylation sites is 1. The third-order valence-corrected chi connectivity index (χ3v) is 7.64. The first-order valence-corrected chi connectivity index (χ1v) is 11.4. The molecule has 7 nitrogen and oxygen atoms in total. The Labute approximate surface area is 183 Å². The summed E-state index contributed by atoms with van der Waals surface area (Å²) in [6, 6.07) is 7.36. The van der Waals surface area contributed by atoms with E-state index in [9.17, 15) is 14.4 Å². The molecule has 0 bridgehead atoms. The topological polar surface area (TPSA) is 87.7 Å². The molecule has 1 unspecified atom stereocenters. The van der Waals surface area contributed by atoms with Crippen LogP contribution in [0.15, 0.2) is 24.3 Å². The largest absolute Gasteiger partial charge is 0.488 e. The molecule has 1 atom stereocenters. The molecule has 4 amide bonds. The highest BCUT2D eigenvalue weighted by atomic mass is 16.5. The molecule has 4 rings (SSSR count). The molecule has 1 saturated heterocycles. The standard InChI is InChI=1S/C24H33N3O4/c1-4-23(2,3)17-9-11-24(12-10-17)21(29)27(22(30)26-24)15-20(28)25-14-18-13-16-7-5-6-8-19(16)31-18/h5-8,17-18H,4,9-15H2,1-3H3,(H,25,28)(H,26,30). The van der Waals surface area contributed by atoms with Crippen LogP contribution in [0.3, 0.4) is 0 Å². The van der Waals surface area contributed by atoms with Gasteiger partial charge in [0, 0.05) is 6.42 Å². The number of amides is 4. The van der Waals surface area contributed by atoms with E-state index in [1.165, 1.54) is 0 Å². The number of nitrogens with one attached hydrogen (secondary N) is 2. The number of nitrogens with zero attached hydrogens (tertiary/aromatic N) is 1. The Hall–Kier alpha value is -2.57. The number of benzene rings is 1. The molecular formula is C24H33N3O4. The maximum absolute atomic E-state index is 13.1. The van der Waals surface area contributed by atoms with Crippen molar-refractivity contribution in [3.05, 3.63) is 29.8 Å². The molecule has 1 aromatic carbocycles. The van der Waals surface area contributed by atoms with E-state index in [1.54, 1.807) is 0 Å². The monoisotopic (exact) mass is 427 g/mol. The number of ether oxygens (including phenoxy) is 1. The molecule has 7 heteroatoms. The Kier molecular flexibility index (Phi) is 5.71. The van der Waals surface area contributed by atoms with Crippen molar-refractivity contribution in [3.8, 4) is 5.75 Å². The van der Waals surface area contributed by atoms with Crippen LogP contribution in [-0.4, -0.2) is 47.5 Å². The smallest absolute Gasteiger partial charge is 0.325 e. The van der Waals surface area contributed by atoms with Gasteiger partial charge in [0.1, 0.15) is 23.9 Å². The highest BCUT2D eigenvalue weighted by molar-refractivity contribution is 6.09. The summed E-state index contributed by atoms with van der Waals surface area (Å²) in [6.45, 7) is 6.83. The molecule has 31 heavy (non-hydrogen) atoms. The first kappa shape index (κ1) is 21.7. The average molecular weight is 428 g/mol. The SMILES string of the molecule is CCC(C)(C)C1CCC2(CC1)NC(=O)N(CC(=O)NCC1Cc3ccccc3O1)C2=O. The summed E-state index contributed by atoms with van der Waals surface area (Å²) in [6.07, 6.45) is 4.79. The number of urea groups is 1. The molecule has 2 heterocycles. The van der Waals surface area contributed by atoms with E-state index in [-0.39, 0.29) is 29.9 Å². The van der Waals surface area contributed by atoms with Crippen molar-refractivity contribution in [3.63, 3.8) is 0 Å². The van der Waals surface area contributed by atoms with Crippen molar-refractivity contribution in [1.82, 2.24) is 15.5 Å². The lowest BCUT2D eigenvalue weighted by molar-refractivity contribution is -0.136. The normalized spacial score (nSPS) is 27.8. The zero-order valence-corrected chi connectivity index (χ0v) is 18.7. The van der Waals surface area contributed by atoms with Crippen molar-refractivity contribution in [1.29, 1.82) is 0 Å². The van der Waals surface area contributed by atoms with Crippen molar-refractivity contribution in [2.24, 2.45) is 11.3 Å². The zero-order valence-electron chi connectivity index (χ0n) is 18.7. The third kappa shape index (κ3) is 4.14. The highest BCUT2D eigenvalue weighted by Gasteiger charge is 2.53. The summed E-state index contributed by atoms with van der Waals surface area (Å²) < 4.78 is 5.83. The molecule has 0 aromatic heterocycles. The van der Waals surface area contributed by atoms with Crippen LogP contribution in [0.1, 0.15) is 58.4 Å². The van der Waals surface area contributed by atoms with Gasteiger partial charge in [0.25, 0.3) is 5.91 Å². The molecular weight excluding hydrogens is 394 g/mol. The van der Waals surface area contributed by atoms with Gasteiger partial charge in [-0.05, 0) is 48.6 Å². The number of fused-ring (bicyclic) bond motifs is 1. The maximum Gasteiger partial charge on any atom is 0.325 e. The number of hydrogen-bond acceptors (Lipinski definition) is 4. The van der Waals surface area contributed by atoms with Gasteiger partial charge in [-0.2, -0.15) is 0 Å². The van der Waals surface area contributed by atoms with Crippen LogP contribution in [0.25, 0.3) is 0 Å². The average Bonchev–Trinajstić information content (AvgIpc) is 3.27. The number of rotatable bonds is 6. The van der Waals surface area contributed by atoms with Gasteiger partial charge in [-0.3, -0.25) is 14.5 Å². The summed E-state index contributed by atoms with van der Waals surface area (Å²) in [7, 11) is 0. The fourth-order valence-corrected chi connectivity index (χ4v) is 5.13. The van der Waals surface area contributed by atoms with E-state index in [0.717, 1.165) is 41.9 Å². The van der Waals surface area contributed by atoms with Crippen LogP contribution in [-0.2, 0) is 16.0 Å². The Morgan fingerprint density at radius 1 is 1.26 bits per heavy atom. The lowest BCUT2D eigenvalue weighted by Crippen LogP contribution is -2.51. The van der Waals surface area contributed by atoms with Crippen molar-refractivity contribution in [2.45, 2.75) is 70.9 Å². The fraction of sp³-hybridized carbons (Fsp3) is 0.625. The van der Waals surface area contributed by atoms with Gasteiger partial charge in [-0.1, -0.05) is 45.4 Å². The quantitative estimate of drug-likeness (QED) is 0.683. The van der Waals surface area contributed by atoms with Gasteiger partial charge in [0.05, 0.1) is 6.54 Å². The van der Waals surface area contributed by atoms with Crippen LogP contribution in [0.2, 0.25) is 0 Å². The van der Waals surface area contributed by atoms with E-state index in [0.29, 0.717) is 25.3 Å². The Morgan fingerprint density at radius 3 is 2.65 bits per heavy atom. The summed E-state index contributed by atoms with van der Waals surface area (Å²) in [4.78, 5) is 39.2. The minimum Gasteiger partial charge on any atom is -0.488 e. The Morgan fingerprint density at radius 2 is 1.97 bits per heavy atom. The zero-order chi connectivity index (χ0) is 22.2. The van der Waals surface area contributed by atoms with Crippen molar-refractivity contribution in [2.75, 3.05) is 13.1 Å². The molecule has 2 aliphatic heterocycles. The predicted octanol–water partition coefficient (Wildman–Crippen LogP) is 3.02. The van der Waals surface area contributed by atoms with Gasteiger partial charge < -0.3 is 15.4 Å². The molecule has 1 spiro atoms. The molecule has 0 radical (unpaired) electrons. The second-order valence-corrected chi connectivity index (χ2v) is 9.88. The first-order chi connectivity index (χ1) is 14.7. The van der Waals surface area contributed by atoms with Crippen LogP contribution < -0.4 is 15.4 Å². The summed E-state index contributed by atoms with van der Waals surface area (Å²) in [5, 5.41) is 5.72. The highest BCUT2D eigenvalue weighted by Crippen LogP contribution is 2.45. The molecule has 1 aliphatic carbocycles. The Bertz CT molecular complexity index is 848. The summed E-state index contributed by atoms with van der Waals surface area (Å²) in [5.74, 6) is 0.784. The van der Waals surface area contributed by atoms with Crippen LogP contribution >= 0.6 is 0 Å². The lowest BCUT2D eigenvalue weighted by Gasteiger charge is -2.42. The van der Waals surface area contributed by atoms with E-state index in [2.05, 4.69) is 31.4 Å². The number of imide groups is 1. The van der Waals surface area contributed by atoms with E-state index in [1.807, 2.05) is 24.3 Å². The van der Waals surface area contributed by atoms with Gasteiger partial charge >= 0.3 is 6.03 Å².